The van der Waals surface area contributed by atoms with Gasteiger partial charge in [0, 0.05) is 13.2 Å². The molecule has 0 amide bonds. The Morgan fingerprint density at radius 1 is 0.700 bits per heavy atom. The zero-order valence-electron chi connectivity index (χ0n) is 6.58. The van der Waals surface area contributed by atoms with Gasteiger partial charge in [-0.05, 0) is 12.8 Å². The van der Waals surface area contributed by atoms with Crippen LogP contribution in [-0.4, -0.2) is 28.9 Å². The third kappa shape index (κ3) is 16.3. The average molecular weight is 174 g/mol. The number of hydrogen-bond donors (Lipinski definition) is 2. The summed E-state index contributed by atoms with van der Waals surface area (Å²) in [6, 6.07) is 0. The van der Waals surface area contributed by atoms with Gasteiger partial charge in [-0.3, -0.25) is 0 Å². The van der Waals surface area contributed by atoms with Crippen LogP contribution in [0.15, 0.2) is 0 Å². The van der Waals surface area contributed by atoms with Gasteiger partial charge in [-0.1, -0.05) is 12.8 Å². The van der Waals surface area contributed by atoms with E-state index in [1.54, 1.807) is 0 Å². The van der Waals surface area contributed by atoms with Crippen molar-refractivity contribution >= 4 is 0 Å². The Morgan fingerprint density at radius 3 is 1.20 bits per heavy atom. The van der Waals surface area contributed by atoms with Crippen LogP contribution in [0.5, 0.6) is 0 Å². The first kappa shape index (κ1) is 17.6. The van der Waals surface area contributed by atoms with Crippen LogP contribution in [0.25, 0.3) is 0 Å². The summed E-state index contributed by atoms with van der Waals surface area (Å²) in [5.74, 6) is 0. The Labute approximate surface area is 105 Å². The van der Waals surface area contributed by atoms with Crippen LogP contribution < -0.4 is 51.4 Å². The van der Waals surface area contributed by atoms with Gasteiger partial charge in [-0.25, -0.2) is 0 Å². The molecular weight excluding hydrogens is 159 g/mol. The van der Waals surface area contributed by atoms with Crippen LogP contribution in [0, 0.1) is 0 Å². The Morgan fingerprint density at radius 2 is 1.00 bits per heavy atom. The summed E-state index contributed by atoms with van der Waals surface area (Å²) in [6.45, 7) is 0.566. The summed E-state index contributed by atoms with van der Waals surface area (Å²) in [6.07, 6.45) is 3.83. The molecule has 0 saturated heterocycles. The van der Waals surface area contributed by atoms with Gasteiger partial charge in [0.1, 0.15) is 0 Å². The zero-order chi connectivity index (χ0) is 6.24. The number of unbranched alkanes of at least 4 members (excludes halogenated alkanes) is 3. The van der Waals surface area contributed by atoms with Gasteiger partial charge >= 0.3 is 51.4 Å². The molecule has 0 aromatic heterocycles. The minimum Gasteiger partial charge on any atom is -0.870 e. The fraction of sp³-hybridized carbons (Fsp3) is 1.00. The van der Waals surface area contributed by atoms with Crippen molar-refractivity contribution in [2.45, 2.75) is 25.7 Å². The van der Waals surface area contributed by atoms with Crippen molar-refractivity contribution in [3.8, 4) is 0 Å². The van der Waals surface area contributed by atoms with Crippen molar-refractivity contribution in [3.63, 3.8) is 0 Å². The Balaban J connectivity index is -0.000000245. The Kier molecular flexibility index (Phi) is 29.6. The minimum atomic E-state index is 0. The molecule has 0 aliphatic rings. The fourth-order valence-electron chi connectivity index (χ4n) is 0.577. The van der Waals surface area contributed by atoms with Crippen molar-refractivity contribution in [2.75, 3.05) is 13.2 Å². The summed E-state index contributed by atoms with van der Waals surface area (Å²) < 4.78 is 0. The van der Waals surface area contributed by atoms with Crippen molar-refractivity contribution in [1.82, 2.24) is 0 Å². The fourth-order valence-corrected chi connectivity index (χ4v) is 0.577. The zero-order valence-corrected chi connectivity index (χ0v) is 9.71. The molecule has 0 radical (unpaired) electrons. The molecule has 0 spiro atoms. The van der Waals surface area contributed by atoms with Crippen molar-refractivity contribution in [3.05, 3.63) is 0 Å². The van der Waals surface area contributed by atoms with Gasteiger partial charge in [0.2, 0.25) is 0 Å². The first-order valence-corrected chi connectivity index (χ1v) is 3.13. The molecule has 0 fully saturated rings. The molecule has 0 saturated carbocycles. The predicted octanol–water partition coefficient (Wildman–Crippen LogP) is -2.64. The summed E-state index contributed by atoms with van der Waals surface area (Å²) in [5.41, 5.74) is 0. The van der Waals surface area contributed by atoms with Crippen LogP contribution in [0.3, 0.4) is 0 Å². The molecule has 3 N–H and O–H groups in total. The monoisotopic (exact) mass is 174 g/mol. The maximum absolute atomic E-state index is 8.30. The van der Waals surface area contributed by atoms with Gasteiger partial charge in [0.25, 0.3) is 0 Å². The first-order chi connectivity index (χ1) is 3.91. The van der Waals surface area contributed by atoms with E-state index < -0.39 is 0 Å². The van der Waals surface area contributed by atoms with E-state index >= 15 is 0 Å². The van der Waals surface area contributed by atoms with Crippen LogP contribution in [-0.2, 0) is 0 Å². The van der Waals surface area contributed by atoms with E-state index in [1.165, 1.54) is 0 Å². The van der Waals surface area contributed by atoms with Gasteiger partial charge in [-0.15, -0.1) is 0 Å². The van der Waals surface area contributed by atoms with Gasteiger partial charge in [0.05, 0.1) is 0 Å². The van der Waals surface area contributed by atoms with E-state index in [2.05, 4.69) is 0 Å². The second-order valence-corrected chi connectivity index (χ2v) is 1.86. The quantitative estimate of drug-likeness (QED) is 0.353. The molecule has 0 heterocycles. The normalized spacial score (nSPS) is 7.80. The van der Waals surface area contributed by atoms with Crippen molar-refractivity contribution in [2.24, 2.45) is 0 Å². The molecule has 10 heavy (non-hydrogen) atoms. The maximum atomic E-state index is 8.30. The molecule has 0 unspecified atom stereocenters. The van der Waals surface area contributed by atoms with Gasteiger partial charge in [-0.2, -0.15) is 0 Å². The largest absolute Gasteiger partial charge is 1.00 e. The number of hydrogen-bond acceptors (Lipinski definition) is 3. The van der Waals surface area contributed by atoms with Gasteiger partial charge in [0.15, 0.2) is 0 Å². The SMILES string of the molecule is OCCCCCCO.[K+].[OH-]. The van der Waals surface area contributed by atoms with Gasteiger partial charge < -0.3 is 15.7 Å². The van der Waals surface area contributed by atoms with E-state index in [9.17, 15) is 0 Å². The van der Waals surface area contributed by atoms with Crippen LogP contribution >= 0.6 is 0 Å². The molecule has 58 valence electrons. The van der Waals surface area contributed by atoms with E-state index in [0.29, 0.717) is 0 Å². The molecule has 0 aliphatic carbocycles. The number of aliphatic hydroxyl groups excluding tert-OH is 2. The third-order valence-electron chi connectivity index (χ3n) is 1.07. The van der Waals surface area contributed by atoms with E-state index in [-0.39, 0.29) is 70.1 Å². The molecule has 0 aromatic rings. The molecule has 3 nitrogen and oxygen atoms in total. The maximum Gasteiger partial charge on any atom is 1.00 e. The Bertz CT molecular complexity index is 38.0. The van der Waals surface area contributed by atoms with Crippen LogP contribution in [0.4, 0.5) is 0 Å². The molecule has 0 aromatic carbocycles. The standard InChI is InChI=1S/C6H14O2.K.H2O/c7-5-3-1-2-4-6-8;;/h7-8H,1-6H2;;1H2/q;+1;/p-1. The van der Waals surface area contributed by atoms with Crippen molar-refractivity contribution in [1.29, 1.82) is 0 Å². The second kappa shape index (κ2) is 16.9. The Hall–Kier alpha value is 1.52. The summed E-state index contributed by atoms with van der Waals surface area (Å²) in [5, 5.41) is 16.6. The molecule has 0 rings (SSSR count). The third-order valence-corrected chi connectivity index (χ3v) is 1.07. The molecule has 0 bridgehead atoms. The van der Waals surface area contributed by atoms with Crippen LogP contribution in [0.1, 0.15) is 25.7 Å². The van der Waals surface area contributed by atoms with Crippen LogP contribution in [0.2, 0.25) is 0 Å². The topological polar surface area (TPSA) is 70.5 Å². The summed E-state index contributed by atoms with van der Waals surface area (Å²) in [4.78, 5) is 0. The van der Waals surface area contributed by atoms with E-state index in [1.807, 2.05) is 0 Å². The smallest absolute Gasteiger partial charge is 0.870 e. The first-order valence-electron chi connectivity index (χ1n) is 3.13. The minimum absolute atomic E-state index is 0. The molecular formula is C6H15KO3. The van der Waals surface area contributed by atoms with E-state index in [4.69, 9.17) is 10.2 Å². The number of aliphatic hydroxyl groups is 2. The predicted molar refractivity (Wildman–Crippen MR) is 34.6 cm³/mol. The molecule has 4 heteroatoms. The van der Waals surface area contributed by atoms with Crippen molar-refractivity contribution < 1.29 is 67.1 Å². The average Bonchev–Trinajstić information content (AvgIpc) is 1.81. The van der Waals surface area contributed by atoms with E-state index in [0.717, 1.165) is 25.7 Å². The summed E-state index contributed by atoms with van der Waals surface area (Å²) >= 11 is 0. The molecule has 0 aliphatic heterocycles. The summed E-state index contributed by atoms with van der Waals surface area (Å²) in [7, 11) is 0. The number of rotatable bonds is 5. The second-order valence-electron chi connectivity index (χ2n) is 1.86. The molecule has 0 atom stereocenters.